The van der Waals surface area contributed by atoms with Gasteiger partial charge in [-0.2, -0.15) is 0 Å². The highest BCUT2D eigenvalue weighted by molar-refractivity contribution is 5.92. The summed E-state index contributed by atoms with van der Waals surface area (Å²) in [7, 11) is 0. The van der Waals surface area contributed by atoms with Crippen molar-refractivity contribution in [2.45, 2.75) is 51.4 Å². The molecule has 1 N–H and O–H groups in total. The van der Waals surface area contributed by atoms with Crippen molar-refractivity contribution < 1.29 is 18.3 Å². The number of alkyl halides is 1. The Kier molecular flexibility index (Phi) is 4.67. The molecule has 0 bridgehead atoms. The number of amidine groups is 1. The van der Waals surface area contributed by atoms with Gasteiger partial charge in [0.1, 0.15) is 23.4 Å². The van der Waals surface area contributed by atoms with E-state index >= 15 is 0 Å². The molecule has 1 amide bonds. The van der Waals surface area contributed by atoms with Gasteiger partial charge < -0.3 is 15.0 Å². The van der Waals surface area contributed by atoms with E-state index in [1.165, 1.54) is 12.1 Å². The number of piperidine rings is 1. The minimum Gasteiger partial charge on any atom is -0.444 e. The summed E-state index contributed by atoms with van der Waals surface area (Å²) in [5, 5.41) is 2.62. The second-order valence-electron chi connectivity index (χ2n) is 7.48. The first-order valence-corrected chi connectivity index (χ1v) is 8.46. The molecule has 0 unspecified atom stereocenters. The van der Waals surface area contributed by atoms with Crippen LogP contribution in [0.1, 0.15) is 32.8 Å². The molecule has 2 heterocycles. The van der Waals surface area contributed by atoms with Gasteiger partial charge in [-0.1, -0.05) is 0 Å². The lowest BCUT2D eigenvalue weighted by Gasteiger charge is -2.36. The Morgan fingerprint density at radius 1 is 1.40 bits per heavy atom. The van der Waals surface area contributed by atoms with Crippen molar-refractivity contribution in [2.24, 2.45) is 4.99 Å². The highest BCUT2D eigenvalue weighted by Gasteiger charge is 2.34. The van der Waals surface area contributed by atoms with Crippen LogP contribution in [0.15, 0.2) is 23.2 Å². The van der Waals surface area contributed by atoms with Crippen LogP contribution < -0.4 is 5.32 Å². The number of carbonyl (C=O) groups is 1. The van der Waals surface area contributed by atoms with E-state index in [-0.39, 0.29) is 5.82 Å². The number of likely N-dealkylation sites (tertiary alicyclic amines) is 1. The number of ether oxygens (including phenoxy) is 1. The highest BCUT2D eigenvalue weighted by Crippen LogP contribution is 2.29. The average molecular weight is 351 g/mol. The maximum Gasteiger partial charge on any atom is 0.408 e. The zero-order valence-electron chi connectivity index (χ0n) is 14.7. The van der Waals surface area contributed by atoms with Crippen molar-refractivity contribution in [1.29, 1.82) is 0 Å². The largest absolute Gasteiger partial charge is 0.444 e. The Labute approximate surface area is 146 Å². The lowest BCUT2D eigenvalue weighted by molar-refractivity contribution is 0.0431. The molecule has 0 aromatic heterocycles. The van der Waals surface area contributed by atoms with Gasteiger partial charge in [0.25, 0.3) is 0 Å². The fourth-order valence-corrected chi connectivity index (χ4v) is 3.09. The predicted molar refractivity (Wildman–Crippen MR) is 91.4 cm³/mol. The summed E-state index contributed by atoms with van der Waals surface area (Å²) >= 11 is 0. The Bertz CT molecular complexity index is 700. The van der Waals surface area contributed by atoms with E-state index < -0.39 is 23.9 Å². The van der Waals surface area contributed by atoms with Crippen molar-refractivity contribution in [1.82, 2.24) is 10.2 Å². The molecule has 25 heavy (non-hydrogen) atoms. The van der Waals surface area contributed by atoms with Crippen molar-refractivity contribution in [3.05, 3.63) is 29.6 Å². The number of benzene rings is 1. The van der Waals surface area contributed by atoms with Crippen LogP contribution in [0.5, 0.6) is 0 Å². The van der Waals surface area contributed by atoms with E-state index in [0.717, 1.165) is 17.1 Å². The van der Waals surface area contributed by atoms with Crippen molar-refractivity contribution >= 4 is 17.6 Å². The number of halogens is 2. The van der Waals surface area contributed by atoms with Crippen molar-refractivity contribution in [3.8, 4) is 0 Å². The van der Waals surface area contributed by atoms with Crippen LogP contribution in [0.4, 0.5) is 19.3 Å². The topological polar surface area (TPSA) is 53.9 Å². The lowest BCUT2D eigenvalue weighted by atomic mass is 10.0. The zero-order chi connectivity index (χ0) is 18.2. The fraction of sp³-hybridized carbons (Fsp3) is 0.556. The quantitative estimate of drug-likeness (QED) is 0.844. The van der Waals surface area contributed by atoms with E-state index in [4.69, 9.17) is 4.74 Å². The molecule has 0 saturated carbocycles. The average Bonchev–Trinajstić information content (AvgIpc) is 2.90. The Morgan fingerprint density at radius 2 is 2.16 bits per heavy atom. The number of aliphatic imine (C=N–C) groups is 1. The molecule has 1 saturated heterocycles. The van der Waals surface area contributed by atoms with E-state index in [0.29, 0.717) is 25.9 Å². The molecule has 2 aliphatic heterocycles. The molecular weight excluding hydrogens is 328 g/mol. The van der Waals surface area contributed by atoms with Crippen molar-refractivity contribution in [3.63, 3.8) is 0 Å². The molecular formula is C18H23F2N3O2. The van der Waals surface area contributed by atoms with Crippen LogP contribution >= 0.6 is 0 Å². The summed E-state index contributed by atoms with van der Waals surface area (Å²) in [6.07, 6.45) is -0.945. The summed E-state index contributed by atoms with van der Waals surface area (Å²) in [6, 6.07) is 3.85. The Morgan fingerprint density at radius 3 is 2.88 bits per heavy atom. The summed E-state index contributed by atoms with van der Waals surface area (Å²) in [5.74, 6) is 0.491. The van der Waals surface area contributed by atoms with Gasteiger partial charge in [-0.25, -0.2) is 18.6 Å². The third-order valence-electron chi connectivity index (χ3n) is 4.24. The molecule has 1 aromatic carbocycles. The number of rotatable bonds is 1. The van der Waals surface area contributed by atoms with Gasteiger partial charge in [-0.3, -0.25) is 0 Å². The number of carbonyl (C=O) groups excluding carboxylic acids is 1. The minimum absolute atomic E-state index is 0.290. The van der Waals surface area contributed by atoms with E-state index in [1.807, 2.05) is 4.90 Å². The maximum absolute atomic E-state index is 14.2. The van der Waals surface area contributed by atoms with E-state index in [1.54, 1.807) is 26.8 Å². The second kappa shape index (κ2) is 6.61. The first kappa shape index (κ1) is 17.6. The van der Waals surface area contributed by atoms with Gasteiger partial charge >= 0.3 is 6.09 Å². The first-order chi connectivity index (χ1) is 11.7. The van der Waals surface area contributed by atoms with Crippen LogP contribution in [0.25, 0.3) is 0 Å². The molecule has 1 fully saturated rings. The number of alkyl carbamates (subject to hydrolysis) is 1. The van der Waals surface area contributed by atoms with Crippen LogP contribution in [0.3, 0.4) is 0 Å². The van der Waals surface area contributed by atoms with Gasteiger partial charge in [-0.15, -0.1) is 0 Å². The van der Waals surface area contributed by atoms with Crippen LogP contribution in [-0.4, -0.2) is 47.7 Å². The third kappa shape index (κ3) is 4.27. The van der Waals surface area contributed by atoms with Gasteiger partial charge in [0.05, 0.1) is 11.7 Å². The van der Waals surface area contributed by atoms with Crippen LogP contribution in [-0.2, 0) is 11.2 Å². The summed E-state index contributed by atoms with van der Waals surface area (Å²) < 4.78 is 32.8. The number of amides is 1. The SMILES string of the molecule is CC(C)(C)OC(=O)N[C@@H]1CN(C2=Nc3ccc(F)cc3C2)CC[C@H]1F. The molecule has 0 radical (unpaired) electrons. The standard InChI is InChI=1S/C18H23F2N3O2/c1-18(2,3)25-17(24)22-15-10-23(7-6-13(15)20)16-9-11-8-12(19)4-5-14(11)21-16/h4-5,8,13,15H,6-7,9-10H2,1-3H3,(H,22,24)/t13-,15-/m1/s1. The number of nitrogens with one attached hydrogen (secondary N) is 1. The summed E-state index contributed by atoms with van der Waals surface area (Å²) in [4.78, 5) is 18.4. The third-order valence-corrected chi connectivity index (χ3v) is 4.24. The zero-order valence-corrected chi connectivity index (χ0v) is 14.7. The number of hydrogen-bond acceptors (Lipinski definition) is 4. The molecule has 0 aliphatic carbocycles. The molecule has 2 atom stereocenters. The summed E-state index contributed by atoms with van der Waals surface area (Å²) in [5.41, 5.74) is 0.940. The van der Waals surface area contributed by atoms with Crippen molar-refractivity contribution in [2.75, 3.05) is 13.1 Å². The number of fused-ring (bicyclic) bond motifs is 1. The van der Waals surface area contributed by atoms with E-state index in [9.17, 15) is 13.6 Å². The molecule has 5 nitrogen and oxygen atoms in total. The van der Waals surface area contributed by atoms with Gasteiger partial charge in [-0.05, 0) is 51.0 Å². The lowest BCUT2D eigenvalue weighted by Crippen LogP contribution is -2.55. The fourth-order valence-electron chi connectivity index (χ4n) is 3.09. The summed E-state index contributed by atoms with van der Waals surface area (Å²) in [6.45, 7) is 6.11. The van der Waals surface area contributed by atoms with Gasteiger partial charge in [0.15, 0.2) is 0 Å². The van der Waals surface area contributed by atoms with E-state index in [2.05, 4.69) is 10.3 Å². The monoisotopic (exact) mass is 351 g/mol. The number of nitrogens with zero attached hydrogens (tertiary/aromatic N) is 2. The van der Waals surface area contributed by atoms with Gasteiger partial charge in [0.2, 0.25) is 0 Å². The van der Waals surface area contributed by atoms with Gasteiger partial charge in [0, 0.05) is 19.5 Å². The number of hydrogen-bond donors (Lipinski definition) is 1. The molecule has 2 aliphatic rings. The van der Waals surface area contributed by atoms with Crippen LogP contribution in [0, 0.1) is 5.82 Å². The molecule has 136 valence electrons. The second-order valence-corrected chi connectivity index (χ2v) is 7.48. The Hall–Kier alpha value is -2.18. The molecule has 1 aromatic rings. The molecule has 0 spiro atoms. The molecule has 3 rings (SSSR count). The van der Waals surface area contributed by atoms with Crippen LogP contribution in [0.2, 0.25) is 0 Å². The minimum atomic E-state index is -1.13. The first-order valence-electron chi connectivity index (χ1n) is 8.46. The highest BCUT2D eigenvalue weighted by atomic mass is 19.1. The maximum atomic E-state index is 14.2. The Balaban J connectivity index is 1.64. The molecule has 7 heteroatoms. The normalized spacial score (nSPS) is 23.1. The smallest absolute Gasteiger partial charge is 0.408 e. The predicted octanol–water partition coefficient (Wildman–Crippen LogP) is 3.35.